The summed E-state index contributed by atoms with van der Waals surface area (Å²) in [6.45, 7) is 22.3. The van der Waals surface area contributed by atoms with Gasteiger partial charge in [0, 0.05) is 40.4 Å². The van der Waals surface area contributed by atoms with Crippen molar-refractivity contribution in [3.8, 4) is 34.1 Å². The van der Waals surface area contributed by atoms with E-state index in [-0.39, 0.29) is 10.8 Å². The molecule has 7 rings (SSSR count). The third-order valence-electron chi connectivity index (χ3n) is 10.3. The first-order valence-corrected chi connectivity index (χ1v) is 17.7. The van der Waals surface area contributed by atoms with E-state index < -0.39 is 0 Å². The van der Waals surface area contributed by atoms with Gasteiger partial charge in [-0.15, -0.1) is 0 Å². The summed E-state index contributed by atoms with van der Waals surface area (Å²) >= 11 is 0. The summed E-state index contributed by atoms with van der Waals surface area (Å²) in [6, 6.07) is 34.6. The number of aryl methyl sites for hydroxylation is 2. The van der Waals surface area contributed by atoms with Gasteiger partial charge in [0.15, 0.2) is 0 Å². The molecule has 5 nitrogen and oxygen atoms in total. The fraction of sp³-hybridized carbons (Fsp3) is 0.289. The van der Waals surface area contributed by atoms with Gasteiger partial charge in [0.25, 0.3) is 0 Å². The quantitative estimate of drug-likeness (QED) is 0.178. The Balaban J connectivity index is 1.37. The van der Waals surface area contributed by atoms with Gasteiger partial charge in [-0.05, 0) is 108 Å². The van der Waals surface area contributed by atoms with Crippen molar-refractivity contribution in [1.82, 2.24) is 19.3 Å². The van der Waals surface area contributed by atoms with Crippen LogP contribution in [0.5, 0.6) is 11.5 Å². The highest BCUT2D eigenvalue weighted by Crippen LogP contribution is 2.41. The Morgan fingerprint density at radius 1 is 0.700 bits per heavy atom. The Morgan fingerprint density at radius 3 is 2.16 bits per heavy atom. The Labute approximate surface area is 296 Å². The molecule has 4 aromatic carbocycles. The van der Waals surface area contributed by atoms with Gasteiger partial charge >= 0.3 is 0 Å². The zero-order valence-electron chi connectivity index (χ0n) is 31.1. The fourth-order valence-electron chi connectivity index (χ4n) is 6.99. The lowest BCUT2D eigenvalue weighted by Gasteiger charge is -2.27. The summed E-state index contributed by atoms with van der Waals surface area (Å²) < 4.78 is 11.1. The molecular formula is C45H48N4O. The molecule has 0 saturated heterocycles. The molecule has 0 N–H and O–H groups in total. The largest absolute Gasteiger partial charge is 0.457 e. The Hall–Kier alpha value is -5.16. The Kier molecular flexibility index (Phi) is 8.21. The molecule has 0 saturated carbocycles. The van der Waals surface area contributed by atoms with Crippen LogP contribution in [-0.2, 0) is 5.41 Å². The average Bonchev–Trinajstić information content (AvgIpc) is 3.55. The predicted octanol–water partition coefficient (Wildman–Crippen LogP) is 12.2. The van der Waals surface area contributed by atoms with E-state index in [0.717, 1.165) is 51.0 Å². The highest BCUT2D eigenvalue weighted by atomic mass is 16.5. The van der Waals surface area contributed by atoms with Gasteiger partial charge in [0.2, 0.25) is 0 Å². The number of benzene rings is 4. The number of pyridine rings is 1. The summed E-state index contributed by atoms with van der Waals surface area (Å²) in [5.41, 5.74) is 11.4. The van der Waals surface area contributed by atoms with Gasteiger partial charge in [0.1, 0.15) is 17.3 Å². The number of hydrogen-bond donors (Lipinski definition) is 0. The van der Waals surface area contributed by atoms with E-state index in [2.05, 4.69) is 163 Å². The van der Waals surface area contributed by atoms with E-state index >= 15 is 0 Å². The van der Waals surface area contributed by atoms with E-state index in [1.807, 2.05) is 18.3 Å². The molecule has 5 heteroatoms. The van der Waals surface area contributed by atoms with Crippen LogP contribution in [-0.4, -0.2) is 19.3 Å². The Morgan fingerprint density at radius 2 is 1.46 bits per heavy atom. The van der Waals surface area contributed by atoms with Crippen LogP contribution in [0.4, 0.5) is 0 Å². The summed E-state index contributed by atoms with van der Waals surface area (Å²) in [4.78, 5) is 4.83. The lowest BCUT2D eigenvalue weighted by molar-refractivity contribution is 0.340. The summed E-state index contributed by atoms with van der Waals surface area (Å²) in [6.07, 6.45) is 1.89. The minimum Gasteiger partial charge on any atom is -0.457 e. The molecule has 0 aliphatic carbocycles. The van der Waals surface area contributed by atoms with Crippen LogP contribution < -0.4 is 4.74 Å². The zero-order chi connectivity index (χ0) is 35.5. The van der Waals surface area contributed by atoms with Crippen molar-refractivity contribution in [2.75, 3.05) is 0 Å². The number of nitrogens with zero attached hydrogens (tertiary/aromatic N) is 4. The van der Waals surface area contributed by atoms with Crippen LogP contribution in [0.2, 0.25) is 0 Å². The smallest absolute Gasteiger partial charge is 0.137 e. The number of aromatic nitrogens is 4. The van der Waals surface area contributed by atoms with Crippen molar-refractivity contribution in [3.05, 3.63) is 131 Å². The van der Waals surface area contributed by atoms with Gasteiger partial charge in [-0.2, -0.15) is 5.10 Å². The molecule has 0 spiro atoms. The number of rotatable bonds is 6. The van der Waals surface area contributed by atoms with Crippen LogP contribution in [0, 0.1) is 26.2 Å². The molecule has 0 aliphatic rings. The molecule has 1 unspecified atom stereocenters. The van der Waals surface area contributed by atoms with E-state index in [1.54, 1.807) is 0 Å². The maximum Gasteiger partial charge on any atom is 0.137 e. The molecule has 0 bridgehead atoms. The lowest BCUT2D eigenvalue weighted by Crippen LogP contribution is -2.15. The molecule has 254 valence electrons. The number of fused-ring (bicyclic) bond motifs is 3. The van der Waals surface area contributed by atoms with Gasteiger partial charge in [-0.3, -0.25) is 4.57 Å². The van der Waals surface area contributed by atoms with Crippen molar-refractivity contribution in [2.45, 2.75) is 80.6 Å². The van der Waals surface area contributed by atoms with E-state index in [0.29, 0.717) is 5.92 Å². The number of hydrogen-bond acceptors (Lipinski definition) is 3. The maximum absolute atomic E-state index is 6.79. The minimum atomic E-state index is -0.0956. The average molecular weight is 661 g/mol. The van der Waals surface area contributed by atoms with Gasteiger partial charge in [-0.1, -0.05) is 84.9 Å². The molecule has 7 aromatic rings. The first-order valence-electron chi connectivity index (χ1n) is 17.7. The molecule has 0 fully saturated rings. The number of ether oxygens (including phenoxy) is 1. The second kappa shape index (κ2) is 12.3. The lowest BCUT2D eigenvalue weighted by atomic mass is 9.77. The van der Waals surface area contributed by atoms with Gasteiger partial charge in [-0.25, -0.2) is 9.67 Å². The first kappa shape index (κ1) is 33.3. The molecular weight excluding hydrogens is 613 g/mol. The predicted molar refractivity (Wildman–Crippen MR) is 208 cm³/mol. The van der Waals surface area contributed by atoms with Crippen molar-refractivity contribution >= 4 is 21.8 Å². The van der Waals surface area contributed by atoms with E-state index in [4.69, 9.17) is 14.8 Å². The topological polar surface area (TPSA) is 44.9 Å². The second-order valence-corrected chi connectivity index (χ2v) is 16.0. The van der Waals surface area contributed by atoms with Gasteiger partial charge in [0.05, 0.1) is 22.4 Å². The third kappa shape index (κ3) is 6.10. The highest BCUT2D eigenvalue weighted by molar-refractivity contribution is 6.09. The summed E-state index contributed by atoms with van der Waals surface area (Å²) in [5.74, 6) is 2.85. The fourth-order valence-corrected chi connectivity index (χ4v) is 6.99. The minimum absolute atomic E-state index is 0.0956. The highest BCUT2D eigenvalue weighted by Gasteiger charge is 2.24. The van der Waals surface area contributed by atoms with Crippen molar-refractivity contribution in [3.63, 3.8) is 0 Å². The molecule has 3 heterocycles. The van der Waals surface area contributed by atoms with Crippen molar-refractivity contribution in [1.29, 1.82) is 0 Å². The SMILES string of the molecule is Cc1ccnc(-n2c3ccc(C(C)C(C)(C)C)cc3c3ccc(Oc4cc(-n5nc(C)c(-c6ccccc6)c5C)cc(C(C)(C)C)c4)cc32)c1. The molecule has 0 radical (unpaired) electrons. The molecule has 3 aromatic heterocycles. The Bertz CT molecular complexity index is 2360. The standard InChI is InChI=1S/C45H48N4O/c1-28-20-21-46-42(22-28)48-40-19-16-33(29(2)44(5,6)7)23-39(40)38-18-17-36(27-41(38)48)50-37-25-34(45(8,9)10)24-35(26-37)49-31(4)43(30(3)47-49)32-14-12-11-13-15-32/h11-27,29H,1-10H3. The molecule has 1 atom stereocenters. The van der Waals surface area contributed by atoms with Crippen LogP contribution >= 0.6 is 0 Å². The van der Waals surface area contributed by atoms with E-state index in [9.17, 15) is 0 Å². The van der Waals surface area contributed by atoms with Gasteiger partial charge < -0.3 is 4.74 Å². The van der Waals surface area contributed by atoms with Crippen LogP contribution in [0.3, 0.4) is 0 Å². The first-order chi connectivity index (χ1) is 23.7. The normalized spacial score (nSPS) is 12.9. The monoisotopic (exact) mass is 660 g/mol. The molecule has 50 heavy (non-hydrogen) atoms. The van der Waals surface area contributed by atoms with Crippen LogP contribution in [0.25, 0.3) is 44.4 Å². The van der Waals surface area contributed by atoms with Crippen LogP contribution in [0.15, 0.2) is 103 Å². The summed E-state index contributed by atoms with van der Waals surface area (Å²) in [7, 11) is 0. The maximum atomic E-state index is 6.79. The third-order valence-corrected chi connectivity index (χ3v) is 10.3. The van der Waals surface area contributed by atoms with Crippen molar-refractivity contribution in [2.24, 2.45) is 5.41 Å². The summed E-state index contributed by atoms with van der Waals surface area (Å²) in [5, 5.41) is 7.43. The molecule has 0 amide bonds. The van der Waals surface area contributed by atoms with E-state index in [1.165, 1.54) is 33.0 Å². The zero-order valence-corrected chi connectivity index (χ0v) is 31.1. The van der Waals surface area contributed by atoms with Crippen LogP contribution in [0.1, 0.15) is 82.5 Å². The molecule has 0 aliphatic heterocycles. The van der Waals surface area contributed by atoms with Crippen molar-refractivity contribution < 1.29 is 4.74 Å². The second-order valence-electron chi connectivity index (χ2n) is 16.0.